The topological polar surface area (TPSA) is 43.9 Å². The van der Waals surface area contributed by atoms with E-state index < -0.39 is 11.7 Å². The molecule has 1 heterocycles. The quantitative estimate of drug-likeness (QED) is 0.684. The first-order valence-corrected chi connectivity index (χ1v) is 10.5. The van der Waals surface area contributed by atoms with Crippen LogP contribution < -0.4 is 4.90 Å². The van der Waals surface area contributed by atoms with Crippen molar-refractivity contribution in [3.8, 4) is 0 Å². The molecular formula is C19H26F3N3O2S. The molecule has 1 saturated heterocycles. The summed E-state index contributed by atoms with van der Waals surface area (Å²) in [6.07, 6.45) is -4.37. The zero-order valence-electron chi connectivity index (χ0n) is 16.2. The number of carbonyl (C=O) groups excluding carboxylic acids is 2. The van der Waals surface area contributed by atoms with Crippen molar-refractivity contribution in [3.05, 3.63) is 29.8 Å². The molecular weight excluding hydrogens is 391 g/mol. The molecule has 28 heavy (non-hydrogen) atoms. The van der Waals surface area contributed by atoms with Crippen molar-refractivity contribution in [2.24, 2.45) is 0 Å². The average Bonchev–Trinajstić information content (AvgIpc) is 2.68. The van der Waals surface area contributed by atoms with E-state index in [2.05, 4.69) is 0 Å². The van der Waals surface area contributed by atoms with Gasteiger partial charge in [0.25, 0.3) is 0 Å². The van der Waals surface area contributed by atoms with Gasteiger partial charge in [0.1, 0.15) is 0 Å². The standard InChI is InChI=1S/C19H26F3N3O2S/c1-3-23(4-2)17(26)13-28-14-18(27)25-10-8-24(9-11-25)16-7-5-6-15(12-16)19(20,21)22/h5-7,12H,3-4,8-11,13-14H2,1-2H3. The van der Waals surface area contributed by atoms with E-state index in [4.69, 9.17) is 0 Å². The number of benzene rings is 1. The molecule has 156 valence electrons. The first-order chi connectivity index (χ1) is 13.3. The molecule has 0 radical (unpaired) electrons. The highest BCUT2D eigenvalue weighted by Crippen LogP contribution is 2.31. The summed E-state index contributed by atoms with van der Waals surface area (Å²) < 4.78 is 38.6. The summed E-state index contributed by atoms with van der Waals surface area (Å²) >= 11 is 1.30. The lowest BCUT2D eigenvalue weighted by atomic mass is 10.1. The maximum atomic E-state index is 12.9. The Morgan fingerprint density at radius 3 is 2.29 bits per heavy atom. The van der Waals surface area contributed by atoms with Crippen LogP contribution in [0, 0.1) is 0 Å². The van der Waals surface area contributed by atoms with Crippen LogP contribution in [0.4, 0.5) is 18.9 Å². The zero-order valence-corrected chi connectivity index (χ0v) is 17.0. The normalized spacial score (nSPS) is 14.9. The van der Waals surface area contributed by atoms with Gasteiger partial charge >= 0.3 is 6.18 Å². The van der Waals surface area contributed by atoms with Gasteiger partial charge in [-0.05, 0) is 32.0 Å². The maximum Gasteiger partial charge on any atom is 0.416 e. The maximum absolute atomic E-state index is 12.9. The molecule has 0 aliphatic carbocycles. The third-order valence-corrected chi connectivity index (χ3v) is 5.64. The number of alkyl halides is 3. The molecule has 1 aliphatic rings. The van der Waals surface area contributed by atoms with E-state index in [1.165, 1.54) is 17.8 Å². The third-order valence-electron chi connectivity index (χ3n) is 4.74. The fourth-order valence-electron chi connectivity index (χ4n) is 3.08. The molecule has 1 aromatic rings. The van der Waals surface area contributed by atoms with Crippen LogP contribution in [0.15, 0.2) is 24.3 Å². The lowest BCUT2D eigenvalue weighted by molar-refractivity contribution is -0.137. The lowest BCUT2D eigenvalue weighted by Gasteiger charge is -2.36. The van der Waals surface area contributed by atoms with E-state index in [-0.39, 0.29) is 23.3 Å². The summed E-state index contributed by atoms with van der Waals surface area (Å²) in [7, 11) is 0. The van der Waals surface area contributed by atoms with Crippen molar-refractivity contribution in [1.82, 2.24) is 9.80 Å². The Morgan fingerprint density at radius 1 is 1.07 bits per heavy atom. The molecule has 2 amide bonds. The van der Waals surface area contributed by atoms with E-state index >= 15 is 0 Å². The Morgan fingerprint density at radius 2 is 1.71 bits per heavy atom. The number of piperazine rings is 1. The number of rotatable bonds is 7. The predicted molar refractivity (Wildman–Crippen MR) is 105 cm³/mol. The second-order valence-corrected chi connectivity index (χ2v) is 7.46. The first-order valence-electron chi connectivity index (χ1n) is 9.31. The van der Waals surface area contributed by atoms with Gasteiger partial charge in [0.15, 0.2) is 0 Å². The Labute approximate surface area is 167 Å². The Hall–Kier alpha value is -1.90. The highest BCUT2D eigenvalue weighted by Gasteiger charge is 2.31. The van der Waals surface area contributed by atoms with Gasteiger partial charge in [-0.25, -0.2) is 0 Å². The van der Waals surface area contributed by atoms with Crippen LogP contribution in [0.5, 0.6) is 0 Å². The number of hydrogen-bond donors (Lipinski definition) is 0. The molecule has 1 aliphatic heterocycles. The van der Waals surface area contributed by atoms with Gasteiger partial charge in [-0.3, -0.25) is 9.59 Å². The molecule has 1 aromatic carbocycles. The molecule has 0 spiro atoms. The summed E-state index contributed by atoms with van der Waals surface area (Å²) in [6, 6.07) is 5.26. The van der Waals surface area contributed by atoms with Crippen LogP contribution in [0.3, 0.4) is 0 Å². The van der Waals surface area contributed by atoms with Crippen molar-refractivity contribution in [1.29, 1.82) is 0 Å². The minimum Gasteiger partial charge on any atom is -0.368 e. The number of halogens is 3. The number of anilines is 1. The second kappa shape index (κ2) is 10.0. The van der Waals surface area contributed by atoms with Gasteiger partial charge in [0.2, 0.25) is 11.8 Å². The molecule has 9 heteroatoms. The van der Waals surface area contributed by atoms with Crippen molar-refractivity contribution in [2.75, 3.05) is 55.7 Å². The zero-order chi connectivity index (χ0) is 20.7. The smallest absolute Gasteiger partial charge is 0.368 e. The number of thioether (sulfide) groups is 1. The van der Waals surface area contributed by atoms with E-state index in [0.717, 1.165) is 12.1 Å². The molecule has 0 aromatic heterocycles. The van der Waals surface area contributed by atoms with E-state index in [1.807, 2.05) is 18.7 Å². The summed E-state index contributed by atoms with van der Waals surface area (Å²) in [6.45, 7) is 7.02. The van der Waals surface area contributed by atoms with Crippen molar-refractivity contribution in [3.63, 3.8) is 0 Å². The van der Waals surface area contributed by atoms with Crippen LogP contribution in [-0.2, 0) is 15.8 Å². The Kier molecular flexibility index (Phi) is 8.03. The van der Waals surface area contributed by atoms with Crippen LogP contribution in [0.2, 0.25) is 0 Å². The number of carbonyl (C=O) groups is 2. The molecule has 0 N–H and O–H groups in total. The first kappa shape index (κ1) is 22.4. The van der Waals surface area contributed by atoms with Crippen LogP contribution in [0.25, 0.3) is 0 Å². The largest absolute Gasteiger partial charge is 0.416 e. The van der Waals surface area contributed by atoms with Crippen molar-refractivity contribution >= 4 is 29.3 Å². The molecule has 5 nitrogen and oxygen atoms in total. The molecule has 0 unspecified atom stereocenters. The van der Waals surface area contributed by atoms with Gasteiger partial charge < -0.3 is 14.7 Å². The van der Waals surface area contributed by atoms with Gasteiger partial charge in [-0.1, -0.05) is 6.07 Å². The van der Waals surface area contributed by atoms with Crippen LogP contribution >= 0.6 is 11.8 Å². The summed E-state index contributed by atoms with van der Waals surface area (Å²) in [5, 5.41) is 0. The van der Waals surface area contributed by atoms with Gasteiger partial charge in [-0.2, -0.15) is 13.2 Å². The fourth-order valence-corrected chi connectivity index (χ4v) is 3.89. The fraction of sp³-hybridized carbons (Fsp3) is 0.579. The van der Waals surface area contributed by atoms with Crippen LogP contribution in [0.1, 0.15) is 19.4 Å². The minimum absolute atomic E-state index is 0.0252. The van der Waals surface area contributed by atoms with Gasteiger partial charge in [0.05, 0.1) is 17.1 Å². The summed E-state index contributed by atoms with van der Waals surface area (Å²) in [5.41, 5.74) is -0.154. The molecule has 0 saturated carbocycles. The van der Waals surface area contributed by atoms with E-state index in [9.17, 15) is 22.8 Å². The van der Waals surface area contributed by atoms with Crippen molar-refractivity contribution < 1.29 is 22.8 Å². The predicted octanol–water partition coefficient (Wildman–Crippen LogP) is 2.96. The summed E-state index contributed by atoms with van der Waals surface area (Å²) in [5.74, 6) is 0.493. The highest BCUT2D eigenvalue weighted by atomic mass is 32.2. The lowest BCUT2D eigenvalue weighted by Crippen LogP contribution is -2.49. The number of hydrogen-bond acceptors (Lipinski definition) is 4. The van der Waals surface area contributed by atoms with E-state index in [1.54, 1.807) is 15.9 Å². The molecule has 1 fully saturated rings. The molecule has 0 atom stereocenters. The average molecular weight is 417 g/mol. The number of amides is 2. The SMILES string of the molecule is CCN(CC)C(=O)CSCC(=O)N1CCN(c2cccc(C(F)(F)F)c2)CC1. The monoisotopic (exact) mass is 417 g/mol. The van der Waals surface area contributed by atoms with Gasteiger partial charge in [-0.15, -0.1) is 11.8 Å². The highest BCUT2D eigenvalue weighted by molar-refractivity contribution is 8.00. The van der Waals surface area contributed by atoms with Crippen LogP contribution in [-0.4, -0.2) is 72.4 Å². The minimum atomic E-state index is -4.37. The van der Waals surface area contributed by atoms with E-state index in [0.29, 0.717) is 45.0 Å². The summed E-state index contributed by atoms with van der Waals surface area (Å²) in [4.78, 5) is 29.6. The Bertz CT molecular complexity index is 673. The third kappa shape index (κ3) is 6.05. The molecule has 0 bridgehead atoms. The van der Waals surface area contributed by atoms with Crippen molar-refractivity contribution in [2.45, 2.75) is 20.0 Å². The molecule has 2 rings (SSSR count). The second-order valence-electron chi connectivity index (χ2n) is 6.47. The Balaban J connectivity index is 1.80. The number of nitrogens with zero attached hydrogens (tertiary/aromatic N) is 3. The van der Waals surface area contributed by atoms with Gasteiger partial charge in [0, 0.05) is 45.0 Å².